The predicted molar refractivity (Wildman–Crippen MR) is 50.2 cm³/mol. The zero-order chi connectivity index (χ0) is 12.5. The molecule has 0 aliphatic carbocycles. The summed E-state index contributed by atoms with van der Waals surface area (Å²) >= 11 is 0. The van der Waals surface area contributed by atoms with Crippen LogP contribution in [0.3, 0.4) is 0 Å². The van der Waals surface area contributed by atoms with Crippen molar-refractivity contribution in [1.29, 1.82) is 0 Å². The van der Waals surface area contributed by atoms with Crippen molar-refractivity contribution in [3.63, 3.8) is 0 Å². The Kier molecular flexibility index (Phi) is 3.32. The molecule has 0 heterocycles. The molecule has 0 aliphatic rings. The fourth-order valence-electron chi connectivity index (χ4n) is 1.37. The van der Waals surface area contributed by atoms with Gasteiger partial charge >= 0.3 is 6.18 Å². The first kappa shape index (κ1) is 12.6. The van der Waals surface area contributed by atoms with E-state index >= 15 is 0 Å². The summed E-state index contributed by atoms with van der Waals surface area (Å²) in [6.07, 6.45) is -5.81. The molecule has 0 amide bonds. The molecule has 90 valence electrons. The summed E-state index contributed by atoms with van der Waals surface area (Å²) in [5.74, 6) is -1.55. The van der Waals surface area contributed by atoms with E-state index in [4.69, 9.17) is 10.2 Å². The molecular formula is C10H11F3O3. The summed E-state index contributed by atoms with van der Waals surface area (Å²) in [5.41, 5.74) is -1.44. The van der Waals surface area contributed by atoms with Crippen LogP contribution < -0.4 is 0 Å². The van der Waals surface area contributed by atoms with Gasteiger partial charge in [0.2, 0.25) is 0 Å². The van der Waals surface area contributed by atoms with Gasteiger partial charge in [-0.1, -0.05) is 0 Å². The van der Waals surface area contributed by atoms with Crippen LogP contribution in [-0.2, 0) is 12.6 Å². The second-order valence-electron chi connectivity index (χ2n) is 3.55. The molecule has 16 heavy (non-hydrogen) atoms. The van der Waals surface area contributed by atoms with E-state index in [0.29, 0.717) is 6.07 Å². The molecule has 1 aromatic carbocycles. The van der Waals surface area contributed by atoms with Crippen LogP contribution >= 0.6 is 0 Å². The number of benzene rings is 1. The number of phenolic OH excluding ortho intramolecular Hbond substituents is 2. The Bertz CT molecular complexity index is 386. The summed E-state index contributed by atoms with van der Waals surface area (Å²) in [6, 6.07) is 1.44. The number of aromatic hydroxyl groups is 2. The van der Waals surface area contributed by atoms with Crippen LogP contribution in [0.2, 0.25) is 0 Å². The van der Waals surface area contributed by atoms with Crippen molar-refractivity contribution in [2.75, 3.05) is 0 Å². The molecule has 0 radical (unpaired) electrons. The molecule has 0 saturated carbocycles. The predicted octanol–water partition coefficient (Wildman–Crippen LogP) is 2.04. The van der Waals surface area contributed by atoms with Crippen molar-refractivity contribution in [2.45, 2.75) is 25.6 Å². The van der Waals surface area contributed by atoms with E-state index in [1.54, 1.807) is 0 Å². The monoisotopic (exact) mass is 236 g/mol. The minimum absolute atomic E-state index is 0.137. The van der Waals surface area contributed by atoms with E-state index in [0.717, 1.165) is 6.07 Å². The smallest absolute Gasteiger partial charge is 0.420 e. The molecule has 0 aliphatic heterocycles. The number of rotatable bonds is 2. The molecule has 3 N–H and O–H groups in total. The Morgan fingerprint density at radius 1 is 1.25 bits per heavy atom. The zero-order valence-corrected chi connectivity index (χ0v) is 8.41. The van der Waals surface area contributed by atoms with E-state index in [9.17, 15) is 18.3 Å². The zero-order valence-electron chi connectivity index (χ0n) is 8.41. The Hall–Kier alpha value is -1.43. The first-order valence-electron chi connectivity index (χ1n) is 4.52. The Morgan fingerprint density at radius 3 is 2.25 bits per heavy atom. The summed E-state index contributed by atoms with van der Waals surface area (Å²) in [4.78, 5) is 0. The van der Waals surface area contributed by atoms with Crippen LogP contribution in [0.4, 0.5) is 13.2 Å². The van der Waals surface area contributed by atoms with Gasteiger partial charge in [0, 0.05) is 12.0 Å². The van der Waals surface area contributed by atoms with Crippen molar-refractivity contribution < 1.29 is 28.5 Å². The third-order valence-electron chi connectivity index (χ3n) is 1.99. The SMILES string of the molecule is CC(O)Cc1cc(O)cc(C(F)(F)F)c1O. The first-order valence-corrected chi connectivity index (χ1v) is 4.52. The largest absolute Gasteiger partial charge is 0.508 e. The quantitative estimate of drug-likeness (QED) is 0.688. The van der Waals surface area contributed by atoms with Gasteiger partial charge in [-0.15, -0.1) is 0 Å². The molecule has 1 aromatic rings. The Labute approximate surface area is 89.8 Å². The lowest BCUT2D eigenvalue weighted by molar-refractivity contribution is -0.139. The van der Waals surface area contributed by atoms with E-state index in [1.165, 1.54) is 6.92 Å². The average molecular weight is 236 g/mol. The lowest BCUT2D eigenvalue weighted by Crippen LogP contribution is -2.09. The molecule has 1 rings (SSSR count). The maximum Gasteiger partial charge on any atom is 0.420 e. The molecular weight excluding hydrogens is 225 g/mol. The molecule has 1 atom stereocenters. The van der Waals surface area contributed by atoms with Crippen LogP contribution in [0.15, 0.2) is 12.1 Å². The Balaban J connectivity index is 3.26. The number of halogens is 3. The second kappa shape index (κ2) is 4.21. The van der Waals surface area contributed by atoms with E-state index in [2.05, 4.69) is 0 Å². The maximum atomic E-state index is 12.4. The first-order chi connectivity index (χ1) is 7.21. The van der Waals surface area contributed by atoms with Crippen LogP contribution in [-0.4, -0.2) is 21.4 Å². The van der Waals surface area contributed by atoms with E-state index in [1.807, 2.05) is 0 Å². The lowest BCUT2D eigenvalue weighted by Gasteiger charge is -2.14. The fraction of sp³-hybridized carbons (Fsp3) is 0.400. The van der Waals surface area contributed by atoms with Crippen LogP contribution in [0.25, 0.3) is 0 Å². The van der Waals surface area contributed by atoms with Gasteiger partial charge in [0.1, 0.15) is 17.1 Å². The van der Waals surface area contributed by atoms with Crippen molar-refractivity contribution in [2.24, 2.45) is 0 Å². The van der Waals surface area contributed by atoms with Crippen molar-refractivity contribution in [1.82, 2.24) is 0 Å². The topological polar surface area (TPSA) is 60.7 Å². The highest BCUT2D eigenvalue weighted by molar-refractivity contribution is 5.47. The van der Waals surface area contributed by atoms with Gasteiger partial charge in [-0.05, 0) is 19.1 Å². The molecule has 1 unspecified atom stereocenters. The third-order valence-corrected chi connectivity index (χ3v) is 1.99. The summed E-state index contributed by atoms with van der Waals surface area (Å²) in [5, 5.41) is 27.5. The second-order valence-corrected chi connectivity index (χ2v) is 3.55. The number of hydrogen-bond acceptors (Lipinski definition) is 3. The highest BCUT2D eigenvalue weighted by Crippen LogP contribution is 2.40. The number of aliphatic hydroxyl groups is 1. The molecule has 0 bridgehead atoms. The fourth-order valence-corrected chi connectivity index (χ4v) is 1.37. The van der Waals surface area contributed by atoms with Crippen molar-refractivity contribution in [3.8, 4) is 11.5 Å². The molecule has 0 fully saturated rings. The minimum Gasteiger partial charge on any atom is -0.508 e. The molecule has 3 nitrogen and oxygen atoms in total. The number of alkyl halides is 3. The lowest BCUT2D eigenvalue weighted by atomic mass is 10.0. The van der Waals surface area contributed by atoms with Gasteiger partial charge in [0.15, 0.2) is 0 Å². The van der Waals surface area contributed by atoms with E-state index in [-0.39, 0.29) is 12.0 Å². The van der Waals surface area contributed by atoms with Gasteiger partial charge in [0.25, 0.3) is 0 Å². The molecule has 0 saturated heterocycles. The summed E-state index contributed by atoms with van der Waals surface area (Å²) < 4.78 is 37.2. The van der Waals surface area contributed by atoms with Gasteiger partial charge in [0.05, 0.1) is 6.10 Å². The Morgan fingerprint density at radius 2 is 1.81 bits per heavy atom. The van der Waals surface area contributed by atoms with Gasteiger partial charge in [-0.2, -0.15) is 13.2 Å². The third kappa shape index (κ3) is 2.79. The standard InChI is InChI=1S/C10H11F3O3/c1-5(14)2-6-3-7(15)4-8(9(6)16)10(11,12)13/h3-5,14-16H,2H2,1H3. The molecule has 0 spiro atoms. The van der Waals surface area contributed by atoms with Gasteiger partial charge in [-0.3, -0.25) is 0 Å². The average Bonchev–Trinajstić information content (AvgIpc) is 2.07. The van der Waals surface area contributed by atoms with Crippen molar-refractivity contribution >= 4 is 0 Å². The molecule has 6 heteroatoms. The van der Waals surface area contributed by atoms with Gasteiger partial charge in [-0.25, -0.2) is 0 Å². The normalized spacial score (nSPS) is 13.8. The minimum atomic E-state index is -4.74. The highest BCUT2D eigenvalue weighted by Gasteiger charge is 2.35. The van der Waals surface area contributed by atoms with Crippen LogP contribution in [0.5, 0.6) is 11.5 Å². The van der Waals surface area contributed by atoms with E-state index < -0.39 is 29.3 Å². The van der Waals surface area contributed by atoms with Crippen molar-refractivity contribution in [3.05, 3.63) is 23.3 Å². The van der Waals surface area contributed by atoms with Crippen LogP contribution in [0.1, 0.15) is 18.1 Å². The number of aliphatic hydroxyl groups excluding tert-OH is 1. The summed E-state index contributed by atoms with van der Waals surface area (Å²) in [7, 11) is 0. The number of phenols is 2. The van der Waals surface area contributed by atoms with Crippen LogP contribution in [0, 0.1) is 0 Å². The summed E-state index contributed by atoms with van der Waals surface area (Å²) in [6.45, 7) is 1.37. The van der Waals surface area contributed by atoms with Gasteiger partial charge < -0.3 is 15.3 Å². The highest BCUT2D eigenvalue weighted by atomic mass is 19.4. The number of hydrogen-bond donors (Lipinski definition) is 3. The maximum absolute atomic E-state index is 12.4. The molecule has 0 aromatic heterocycles.